The van der Waals surface area contributed by atoms with Gasteiger partial charge < -0.3 is 5.32 Å². The van der Waals surface area contributed by atoms with Crippen molar-refractivity contribution in [3.8, 4) is 0 Å². The molecule has 0 saturated carbocycles. The van der Waals surface area contributed by atoms with Crippen molar-refractivity contribution in [2.45, 2.75) is 19.8 Å². The fourth-order valence-corrected chi connectivity index (χ4v) is 2.11. The quantitative estimate of drug-likeness (QED) is 0.808. The number of nitrogens with one attached hydrogen (secondary N) is 1. The highest BCUT2D eigenvalue weighted by Crippen LogP contribution is 2.23. The second-order valence-electron chi connectivity index (χ2n) is 3.42. The number of halogens is 1. The van der Waals surface area contributed by atoms with Crippen LogP contribution in [0.15, 0.2) is 16.7 Å². The van der Waals surface area contributed by atoms with Crippen molar-refractivity contribution in [2.75, 3.05) is 23.9 Å². The molecule has 84 valence electrons. The van der Waals surface area contributed by atoms with E-state index in [1.165, 1.54) is 24.2 Å². The molecule has 4 heteroatoms. The Morgan fingerprint density at radius 3 is 3.00 bits per heavy atom. The summed E-state index contributed by atoms with van der Waals surface area (Å²) in [4.78, 5) is 4.29. The number of aryl methyl sites for hydroxylation is 1. The van der Waals surface area contributed by atoms with Crippen LogP contribution in [0, 0.1) is 6.92 Å². The highest BCUT2D eigenvalue weighted by atomic mass is 79.9. The van der Waals surface area contributed by atoms with Gasteiger partial charge in [0, 0.05) is 12.7 Å². The van der Waals surface area contributed by atoms with Gasteiger partial charge in [0.1, 0.15) is 5.82 Å². The molecular weight excluding hydrogens is 272 g/mol. The van der Waals surface area contributed by atoms with Gasteiger partial charge in [-0.25, -0.2) is 4.98 Å². The van der Waals surface area contributed by atoms with Gasteiger partial charge in [0.2, 0.25) is 0 Å². The van der Waals surface area contributed by atoms with E-state index in [0.29, 0.717) is 0 Å². The Bertz CT molecular complexity index is 305. The first-order valence-corrected chi connectivity index (χ1v) is 7.28. The maximum atomic E-state index is 4.29. The minimum Gasteiger partial charge on any atom is -0.369 e. The average Bonchev–Trinajstić information content (AvgIpc) is 2.24. The van der Waals surface area contributed by atoms with Crippen molar-refractivity contribution in [3.63, 3.8) is 0 Å². The molecular formula is C11H17BrN2S. The van der Waals surface area contributed by atoms with E-state index in [1.54, 1.807) is 0 Å². The van der Waals surface area contributed by atoms with Crippen LogP contribution < -0.4 is 5.32 Å². The molecule has 0 amide bonds. The first-order chi connectivity index (χ1) is 7.25. The number of hydrogen-bond acceptors (Lipinski definition) is 3. The second kappa shape index (κ2) is 7.12. The van der Waals surface area contributed by atoms with Gasteiger partial charge in [-0.15, -0.1) is 0 Å². The summed E-state index contributed by atoms with van der Waals surface area (Å²) in [6, 6.07) is 2.00. The van der Waals surface area contributed by atoms with Crippen LogP contribution in [0.25, 0.3) is 0 Å². The first-order valence-electron chi connectivity index (χ1n) is 5.09. The van der Waals surface area contributed by atoms with Crippen molar-refractivity contribution >= 4 is 33.5 Å². The number of aromatic nitrogens is 1. The third-order valence-electron chi connectivity index (χ3n) is 2.15. The fourth-order valence-electron chi connectivity index (χ4n) is 1.24. The average molecular weight is 289 g/mol. The lowest BCUT2D eigenvalue weighted by molar-refractivity contribution is 0.839. The standard InChI is InChI=1S/C11H17BrN2S/c1-9-5-7-14-11(10(9)12)13-6-3-4-8-15-2/h5,7H,3-4,6,8H2,1-2H3,(H,13,14). The van der Waals surface area contributed by atoms with Crippen molar-refractivity contribution < 1.29 is 0 Å². The largest absolute Gasteiger partial charge is 0.369 e. The van der Waals surface area contributed by atoms with E-state index in [0.717, 1.165) is 16.8 Å². The zero-order valence-corrected chi connectivity index (χ0v) is 11.6. The Labute approximate surface area is 104 Å². The molecule has 0 spiro atoms. The van der Waals surface area contributed by atoms with E-state index in [4.69, 9.17) is 0 Å². The Hall–Kier alpha value is -0.220. The zero-order valence-electron chi connectivity index (χ0n) is 9.22. The molecule has 0 bridgehead atoms. The minimum atomic E-state index is 0.958. The van der Waals surface area contributed by atoms with Crippen LogP contribution in [0.2, 0.25) is 0 Å². The number of rotatable bonds is 6. The topological polar surface area (TPSA) is 24.9 Å². The van der Waals surface area contributed by atoms with Crippen LogP contribution in [-0.2, 0) is 0 Å². The lowest BCUT2D eigenvalue weighted by Crippen LogP contribution is -2.04. The summed E-state index contributed by atoms with van der Waals surface area (Å²) in [5.74, 6) is 2.20. The number of hydrogen-bond donors (Lipinski definition) is 1. The normalized spacial score (nSPS) is 10.3. The summed E-state index contributed by atoms with van der Waals surface area (Å²) in [6.07, 6.45) is 6.44. The van der Waals surface area contributed by atoms with Crippen LogP contribution in [0.1, 0.15) is 18.4 Å². The molecule has 1 aromatic heterocycles. The number of unbranched alkanes of at least 4 members (excludes halogenated alkanes) is 1. The number of thioether (sulfide) groups is 1. The van der Waals surface area contributed by atoms with Gasteiger partial charge in [0.25, 0.3) is 0 Å². The van der Waals surface area contributed by atoms with Crippen molar-refractivity contribution in [3.05, 3.63) is 22.3 Å². The molecule has 1 N–H and O–H groups in total. The third-order valence-corrected chi connectivity index (χ3v) is 3.85. The molecule has 15 heavy (non-hydrogen) atoms. The summed E-state index contributed by atoms with van der Waals surface area (Å²) in [7, 11) is 0. The Morgan fingerprint density at radius 1 is 1.47 bits per heavy atom. The molecule has 0 unspecified atom stereocenters. The third kappa shape index (κ3) is 4.43. The lowest BCUT2D eigenvalue weighted by Gasteiger charge is -2.08. The molecule has 1 rings (SSSR count). The molecule has 0 atom stereocenters. The molecule has 0 aliphatic heterocycles. The van der Waals surface area contributed by atoms with Crippen LogP contribution in [0.5, 0.6) is 0 Å². The highest BCUT2D eigenvalue weighted by molar-refractivity contribution is 9.10. The molecule has 0 fully saturated rings. The second-order valence-corrected chi connectivity index (χ2v) is 5.20. The van der Waals surface area contributed by atoms with Crippen LogP contribution >= 0.6 is 27.7 Å². The van der Waals surface area contributed by atoms with Gasteiger partial charge in [-0.2, -0.15) is 11.8 Å². The van der Waals surface area contributed by atoms with Crippen LogP contribution in [-0.4, -0.2) is 23.5 Å². The molecule has 0 radical (unpaired) electrons. The van der Waals surface area contributed by atoms with E-state index in [2.05, 4.69) is 39.4 Å². The molecule has 1 heterocycles. The number of nitrogens with zero attached hydrogens (tertiary/aromatic N) is 1. The monoisotopic (exact) mass is 288 g/mol. The van der Waals surface area contributed by atoms with E-state index < -0.39 is 0 Å². The molecule has 0 aliphatic rings. The van der Waals surface area contributed by atoms with E-state index >= 15 is 0 Å². The Morgan fingerprint density at radius 2 is 2.27 bits per heavy atom. The summed E-state index contributed by atoms with van der Waals surface area (Å²) in [5, 5.41) is 3.35. The van der Waals surface area contributed by atoms with Gasteiger partial charge >= 0.3 is 0 Å². The van der Waals surface area contributed by atoms with E-state index in [1.807, 2.05) is 24.0 Å². The van der Waals surface area contributed by atoms with Gasteiger partial charge in [0.15, 0.2) is 0 Å². The van der Waals surface area contributed by atoms with Crippen LogP contribution in [0.3, 0.4) is 0 Å². The molecule has 2 nitrogen and oxygen atoms in total. The van der Waals surface area contributed by atoms with Crippen molar-refractivity contribution in [1.29, 1.82) is 0 Å². The van der Waals surface area contributed by atoms with Gasteiger partial charge in [-0.05, 0) is 59.3 Å². The SMILES string of the molecule is CSCCCCNc1nccc(C)c1Br. The number of pyridine rings is 1. The predicted octanol–water partition coefficient (Wildman–Crippen LogP) is 3.71. The van der Waals surface area contributed by atoms with E-state index in [-0.39, 0.29) is 0 Å². The van der Waals surface area contributed by atoms with Gasteiger partial charge in [0.05, 0.1) is 4.47 Å². The number of anilines is 1. The summed E-state index contributed by atoms with van der Waals surface area (Å²) in [5.41, 5.74) is 1.22. The smallest absolute Gasteiger partial charge is 0.140 e. The zero-order chi connectivity index (χ0) is 11.1. The van der Waals surface area contributed by atoms with Gasteiger partial charge in [-0.1, -0.05) is 0 Å². The summed E-state index contributed by atoms with van der Waals surface area (Å²) >= 11 is 5.43. The minimum absolute atomic E-state index is 0.958. The van der Waals surface area contributed by atoms with E-state index in [9.17, 15) is 0 Å². The highest BCUT2D eigenvalue weighted by Gasteiger charge is 2.02. The molecule has 0 aliphatic carbocycles. The van der Waals surface area contributed by atoms with Crippen LogP contribution in [0.4, 0.5) is 5.82 Å². The van der Waals surface area contributed by atoms with Crippen molar-refractivity contribution in [1.82, 2.24) is 4.98 Å². The summed E-state index contributed by atoms with van der Waals surface area (Å²) < 4.78 is 1.08. The summed E-state index contributed by atoms with van der Waals surface area (Å²) in [6.45, 7) is 3.07. The molecule has 1 aromatic rings. The van der Waals surface area contributed by atoms with Crippen molar-refractivity contribution in [2.24, 2.45) is 0 Å². The maximum Gasteiger partial charge on any atom is 0.140 e. The fraction of sp³-hybridized carbons (Fsp3) is 0.545. The Balaban J connectivity index is 2.34. The molecule has 0 aromatic carbocycles. The molecule has 0 saturated heterocycles. The Kier molecular flexibility index (Phi) is 6.10. The van der Waals surface area contributed by atoms with Gasteiger partial charge in [-0.3, -0.25) is 0 Å². The lowest BCUT2D eigenvalue weighted by atomic mass is 10.3. The predicted molar refractivity (Wildman–Crippen MR) is 72.8 cm³/mol. The first kappa shape index (κ1) is 12.8. The maximum absolute atomic E-state index is 4.29.